The van der Waals surface area contributed by atoms with E-state index >= 15 is 0 Å². The highest BCUT2D eigenvalue weighted by Crippen LogP contribution is 2.28. The van der Waals surface area contributed by atoms with Crippen LogP contribution < -0.4 is 5.32 Å². The minimum absolute atomic E-state index is 0.333. The first kappa shape index (κ1) is 13.5. The van der Waals surface area contributed by atoms with Gasteiger partial charge in [0.15, 0.2) is 0 Å². The molecular formula is C13H14ClFN2S. The van der Waals surface area contributed by atoms with E-state index in [1.165, 1.54) is 17.4 Å². The first-order chi connectivity index (χ1) is 8.56. The molecule has 1 N–H and O–H groups in total. The van der Waals surface area contributed by atoms with Gasteiger partial charge in [-0.25, -0.2) is 9.37 Å². The van der Waals surface area contributed by atoms with Crippen LogP contribution in [0.3, 0.4) is 0 Å². The Morgan fingerprint density at radius 2 is 2.22 bits per heavy atom. The quantitative estimate of drug-likeness (QED) is 0.914. The molecule has 0 atom stereocenters. The summed E-state index contributed by atoms with van der Waals surface area (Å²) in [6.07, 6.45) is 0. The number of rotatable bonds is 4. The lowest BCUT2D eigenvalue weighted by Gasteiger charge is -2.04. The Balaban J connectivity index is 2.18. The molecule has 0 radical (unpaired) electrons. The van der Waals surface area contributed by atoms with Crippen LogP contribution in [-0.4, -0.2) is 11.0 Å². The minimum atomic E-state index is -0.333. The van der Waals surface area contributed by atoms with Crippen molar-refractivity contribution in [3.63, 3.8) is 0 Å². The Morgan fingerprint density at radius 3 is 2.89 bits per heavy atom. The molecule has 1 heterocycles. The number of hydrogen-bond acceptors (Lipinski definition) is 3. The molecule has 2 aromatic rings. The van der Waals surface area contributed by atoms with Crippen LogP contribution in [0.25, 0.3) is 10.6 Å². The molecule has 18 heavy (non-hydrogen) atoms. The van der Waals surface area contributed by atoms with E-state index in [1.807, 2.05) is 5.38 Å². The molecule has 0 aliphatic heterocycles. The Kier molecular flexibility index (Phi) is 4.32. The second kappa shape index (κ2) is 5.78. The Hall–Kier alpha value is -0.970. The van der Waals surface area contributed by atoms with E-state index in [0.29, 0.717) is 28.2 Å². The molecule has 0 aliphatic rings. The van der Waals surface area contributed by atoms with Crippen molar-refractivity contribution < 1.29 is 4.39 Å². The summed E-state index contributed by atoms with van der Waals surface area (Å²) in [5.74, 6) is -0.333. The standard InChI is InChI=1S/C13H14ClFN2S/c1-8(2)16-6-10-7-18-13(17-10)11-4-3-9(14)5-12(11)15/h3-5,7-8,16H,6H2,1-2H3. The van der Waals surface area contributed by atoms with Gasteiger partial charge in [0.1, 0.15) is 10.8 Å². The van der Waals surface area contributed by atoms with Gasteiger partial charge < -0.3 is 5.32 Å². The summed E-state index contributed by atoms with van der Waals surface area (Å²) < 4.78 is 13.7. The van der Waals surface area contributed by atoms with E-state index in [1.54, 1.807) is 12.1 Å². The van der Waals surface area contributed by atoms with Crippen molar-refractivity contribution in [1.29, 1.82) is 0 Å². The molecule has 5 heteroatoms. The van der Waals surface area contributed by atoms with E-state index in [-0.39, 0.29) is 5.82 Å². The van der Waals surface area contributed by atoms with E-state index < -0.39 is 0 Å². The molecule has 0 aliphatic carbocycles. The molecule has 96 valence electrons. The first-order valence-corrected chi connectivity index (χ1v) is 6.95. The molecule has 1 aromatic heterocycles. The monoisotopic (exact) mass is 284 g/mol. The molecule has 0 spiro atoms. The number of nitrogens with zero attached hydrogens (tertiary/aromatic N) is 1. The van der Waals surface area contributed by atoms with Gasteiger partial charge in [-0.15, -0.1) is 11.3 Å². The zero-order valence-electron chi connectivity index (χ0n) is 10.2. The lowest BCUT2D eigenvalue weighted by molar-refractivity contribution is 0.583. The smallest absolute Gasteiger partial charge is 0.134 e. The Morgan fingerprint density at radius 1 is 1.44 bits per heavy atom. The number of hydrogen-bond donors (Lipinski definition) is 1. The average molecular weight is 285 g/mol. The maximum Gasteiger partial charge on any atom is 0.134 e. The van der Waals surface area contributed by atoms with Crippen LogP contribution in [0.1, 0.15) is 19.5 Å². The van der Waals surface area contributed by atoms with Crippen molar-refractivity contribution >= 4 is 22.9 Å². The summed E-state index contributed by atoms with van der Waals surface area (Å²) in [6.45, 7) is 4.85. The molecule has 0 unspecified atom stereocenters. The van der Waals surface area contributed by atoms with Gasteiger partial charge >= 0.3 is 0 Å². The van der Waals surface area contributed by atoms with Crippen LogP contribution in [0.15, 0.2) is 23.6 Å². The lowest BCUT2D eigenvalue weighted by atomic mass is 10.2. The number of benzene rings is 1. The van der Waals surface area contributed by atoms with Crippen molar-refractivity contribution in [3.05, 3.63) is 40.1 Å². The normalized spacial score (nSPS) is 11.2. The summed E-state index contributed by atoms with van der Waals surface area (Å²) in [4.78, 5) is 4.42. The van der Waals surface area contributed by atoms with Crippen LogP contribution >= 0.6 is 22.9 Å². The average Bonchev–Trinajstić information content (AvgIpc) is 2.75. The van der Waals surface area contributed by atoms with Crippen LogP contribution in [0.4, 0.5) is 4.39 Å². The Bertz CT molecular complexity index is 540. The number of aromatic nitrogens is 1. The minimum Gasteiger partial charge on any atom is -0.309 e. The largest absolute Gasteiger partial charge is 0.309 e. The van der Waals surface area contributed by atoms with Gasteiger partial charge in [-0.3, -0.25) is 0 Å². The van der Waals surface area contributed by atoms with Crippen LogP contribution in [0.2, 0.25) is 5.02 Å². The number of nitrogens with one attached hydrogen (secondary N) is 1. The van der Waals surface area contributed by atoms with Crippen molar-refractivity contribution in [2.75, 3.05) is 0 Å². The second-order valence-electron chi connectivity index (χ2n) is 4.30. The fraction of sp³-hybridized carbons (Fsp3) is 0.308. The fourth-order valence-corrected chi connectivity index (χ4v) is 2.49. The predicted molar refractivity (Wildman–Crippen MR) is 74.5 cm³/mol. The van der Waals surface area contributed by atoms with Crippen molar-refractivity contribution in [1.82, 2.24) is 10.3 Å². The van der Waals surface area contributed by atoms with Crippen molar-refractivity contribution in [3.8, 4) is 10.6 Å². The second-order valence-corrected chi connectivity index (χ2v) is 5.60. The summed E-state index contributed by atoms with van der Waals surface area (Å²) >= 11 is 7.17. The van der Waals surface area contributed by atoms with Gasteiger partial charge in [-0.1, -0.05) is 25.4 Å². The maximum absolute atomic E-state index is 13.7. The third-order valence-electron chi connectivity index (χ3n) is 2.40. The molecule has 0 saturated heterocycles. The number of halogens is 2. The van der Waals surface area contributed by atoms with Crippen LogP contribution in [0.5, 0.6) is 0 Å². The lowest BCUT2D eigenvalue weighted by Crippen LogP contribution is -2.21. The molecular weight excluding hydrogens is 271 g/mol. The maximum atomic E-state index is 13.7. The van der Waals surface area contributed by atoms with Crippen LogP contribution in [0, 0.1) is 5.82 Å². The predicted octanol–water partition coefficient (Wildman–Crippen LogP) is 4.10. The topological polar surface area (TPSA) is 24.9 Å². The summed E-state index contributed by atoms with van der Waals surface area (Å²) in [5.41, 5.74) is 1.43. The molecule has 2 rings (SSSR count). The van der Waals surface area contributed by atoms with E-state index in [4.69, 9.17) is 11.6 Å². The van der Waals surface area contributed by atoms with Gasteiger partial charge in [0.2, 0.25) is 0 Å². The molecule has 0 fully saturated rings. The SMILES string of the molecule is CC(C)NCc1csc(-c2ccc(Cl)cc2F)n1. The van der Waals surface area contributed by atoms with Gasteiger partial charge in [0, 0.05) is 28.6 Å². The molecule has 0 bridgehead atoms. The van der Waals surface area contributed by atoms with E-state index in [0.717, 1.165) is 5.69 Å². The molecule has 0 amide bonds. The van der Waals surface area contributed by atoms with E-state index in [2.05, 4.69) is 24.1 Å². The van der Waals surface area contributed by atoms with Crippen LogP contribution in [-0.2, 0) is 6.54 Å². The highest BCUT2D eigenvalue weighted by Gasteiger charge is 2.10. The third-order valence-corrected chi connectivity index (χ3v) is 3.56. The molecule has 1 aromatic carbocycles. The molecule has 0 saturated carbocycles. The van der Waals surface area contributed by atoms with E-state index in [9.17, 15) is 4.39 Å². The summed E-state index contributed by atoms with van der Waals surface area (Å²) in [5, 5.41) is 6.31. The zero-order valence-corrected chi connectivity index (χ0v) is 11.8. The van der Waals surface area contributed by atoms with Gasteiger partial charge in [0.25, 0.3) is 0 Å². The third kappa shape index (κ3) is 3.28. The van der Waals surface area contributed by atoms with Gasteiger partial charge in [0.05, 0.1) is 5.69 Å². The first-order valence-electron chi connectivity index (χ1n) is 5.69. The van der Waals surface area contributed by atoms with Gasteiger partial charge in [-0.2, -0.15) is 0 Å². The highest BCUT2D eigenvalue weighted by atomic mass is 35.5. The molecule has 2 nitrogen and oxygen atoms in total. The summed E-state index contributed by atoms with van der Waals surface area (Å²) in [6, 6.07) is 5.05. The Labute approximate surface area is 115 Å². The van der Waals surface area contributed by atoms with Crippen molar-refractivity contribution in [2.24, 2.45) is 0 Å². The zero-order chi connectivity index (χ0) is 13.1. The fourth-order valence-electron chi connectivity index (χ4n) is 1.48. The number of thiazole rings is 1. The van der Waals surface area contributed by atoms with Gasteiger partial charge in [-0.05, 0) is 18.2 Å². The highest BCUT2D eigenvalue weighted by molar-refractivity contribution is 7.13. The summed E-state index contributed by atoms with van der Waals surface area (Å²) in [7, 11) is 0. The van der Waals surface area contributed by atoms with Crippen molar-refractivity contribution in [2.45, 2.75) is 26.4 Å².